The van der Waals surface area contributed by atoms with E-state index in [0.717, 1.165) is 0 Å². The van der Waals surface area contributed by atoms with Crippen LogP contribution in [0.15, 0.2) is 0 Å². The van der Waals surface area contributed by atoms with E-state index in [9.17, 15) is 63.9 Å². The SMILES string of the molecule is O=C([O-])CC(CC(=O)O)(OC(=O)CC(O)C(=O)OC(CC(=O)[O-])(CC(=O)O)C(=O)[O-])C(=O)[O-].[Ca+2].[Ca+2]. The van der Waals surface area contributed by atoms with Gasteiger partial charge in [-0.15, -0.1) is 0 Å². The molecule has 0 aliphatic carbocycles. The molecule has 0 rings (SSSR count). The minimum Gasteiger partial charge on any atom is -0.550 e. The summed E-state index contributed by atoms with van der Waals surface area (Å²) in [7, 11) is 0. The van der Waals surface area contributed by atoms with Crippen LogP contribution in [0.4, 0.5) is 0 Å². The van der Waals surface area contributed by atoms with Crippen LogP contribution in [0.5, 0.6) is 0 Å². The molecule has 0 aliphatic heterocycles. The summed E-state index contributed by atoms with van der Waals surface area (Å²) in [4.78, 5) is 89.4. The molecule has 3 unspecified atom stereocenters. The van der Waals surface area contributed by atoms with Crippen molar-refractivity contribution in [2.45, 2.75) is 49.4 Å². The molecule has 0 aromatic carbocycles. The van der Waals surface area contributed by atoms with Gasteiger partial charge in [-0.05, 0) is 0 Å². The second kappa shape index (κ2) is 16.1. The topological polar surface area (TPSA) is 308 Å². The Morgan fingerprint density at radius 3 is 1.29 bits per heavy atom. The van der Waals surface area contributed by atoms with Gasteiger partial charge < -0.3 is 64.4 Å². The first-order valence-corrected chi connectivity index (χ1v) is 8.35. The molecular weight excluding hydrogens is 544 g/mol. The number of hydrogen-bond acceptors (Lipinski definition) is 15. The number of aliphatic hydroxyl groups excluding tert-OH is 1. The Balaban J connectivity index is -0.00000512. The zero-order valence-electron chi connectivity index (χ0n) is 17.6. The molecule has 35 heavy (non-hydrogen) atoms. The number of aliphatic hydroxyl groups is 1. The first kappa shape index (κ1) is 37.8. The Labute approximate surface area is 254 Å². The minimum absolute atomic E-state index is 0. The molecule has 0 heterocycles. The van der Waals surface area contributed by atoms with Crippen molar-refractivity contribution < 1.29 is 83.6 Å². The van der Waals surface area contributed by atoms with Crippen molar-refractivity contribution in [3.63, 3.8) is 0 Å². The van der Waals surface area contributed by atoms with Crippen LogP contribution < -0.4 is 20.4 Å². The first-order valence-electron chi connectivity index (χ1n) is 8.35. The van der Waals surface area contributed by atoms with Crippen molar-refractivity contribution in [1.29, 1.82) is 0 Å². The average Bonchev–Trinajstić information content (AvgIpc) is 2.58. The molecule has 0 radical (unpaired) electrons. The molecule has 3 N–H and O–H groups in total. The van der Waals surface area contributed by atoms with E-state index in [1.165, 1.54) is 0 Å². The summed E-state index contributed by atoms with van der Waals surface area (Å²) in [5.41, 5.74) is -6.72. The molecule has 17 nitrogen and oxygen atoms in total. The van der Waals surface area contributed by atoms with Crippen LogP contribution in [0.3, 0.4) is 0 Å². The summed E-state index contributed by atoms with van der Waals surface area (Å²) in [6.45, 7) is 0. The summed E-state index contributed by atoms with van der Waals surface area (Å²) >= 11 is 0. The molecule has 19 heteroatoms. The van der Waals surface area contributed by atoms with Crippen LogP contribution in [-0.2, 0) is 47.8 Å². The molecule has 184 valence electrons. The normalized spacial score (nSPS) is 14.2. The Morgan fingerprint density at radius 1 is 0.657 bits per heavy atom. The number of carboxylic acids is 6. The Kier molecular flexibility index (Phi) is 17.4. The second-order valence-electron chi connectivity index (χ2n) is 6.42. The molecule has 0 aromatic rings. The van der Waals surface area contributed by atoms with Gasteiger partial charge in [0.1, 0.15) is 0 Å². The van der Waals surface area contributed by atoms with E-state index in [-0.39, 0.29) is 75.5 Å². The maximum atomic E-state index is 11.9. The Bertz CT molecular complexity index is 834. The summed E-state index contributed by atoms with van der Waals surface area (Å²) in [6, 6.07) is 0. The van der Waals surface area contributed by atoms with Crippen LogP contribution in [0, 0.1) is 0 Å². The molecule has 3 atom stereocenters. The summed E-state index contributed by atoms with van der Waals surface area (Å²) < 4.78 is 8.45. The van der Waals surface area contributed by atoms with E-state index < -0.39 is 97.2 Å². The minimum atomic E-state index is -3.39. The molecule has 0 spiro atoms. The zero-order valence-corrected chi connectivity index (χ0v) is 22.0. The molecule has 0 aliphatic rings. The Morgan fingerprint density at radius 2 is 1.00 bits per heavy atom. The van der Waals surface area contributed by atoms with Crippen LogP contribution in [0.2, 0.25) is 0 Å². The van der Waals surface area contributed by atoms with Crippen molar-refractivity contribution in [3.05, 3.63) is 0 Å². The van der Waals surface area contributed by atoms with Gasteiger partial charge in [0.05, 0.1) is 31.2 Å². The van der Waals surface area contributed by atoms with Crippen molar-refractivity contribution >= 4 is 123 Å². The molecule has 0 bridgehead atoms. The van der Waals surface area contributed by atoms with Gasteiger partial charge in [-0.2, -0.15) is 0 Å². The summed E-state index contributed by atoms with van der Waals surface area (Å²) in [5.74, 6) is -17.4. The summed E-state index contributed by atoms with van der Waals surface area (Å²) in [6.07, 6.45) is -11.1. The van der Waals surface area contributed by atoms with E-state index in [1.807, 2.05) is 0 Å². The maximum Gasteiger partial charge on any atom is 2.00 e. The van der Waals surface area contributed by atoms with Crippen LogP contribution >= 0.6 is 0 Å². The van der Waals surface area contributed by atoms with Crippen molar-refractivity contribution in [2.24, 2.45) is 0 Å². The van der Waals surface area contributed by atoms with E-state index in [4.69, 9.17) is 10.2 Å². The number of carboxylic acid groups (broad SMARTS) is 6. The van der Waals surface area contributed by atoms with E-state index in [1.54, 1.807) is 0 Å². The molecule has 0 aromatic heterocycles. The Hall–Kier alpha value is -1.76. The molecule has 0 saturated carbocycles. The van der Waals surface area contributed by atoms with Gasteiger partial charge in [0.15, 0.2) is 17.3 Å². The van der Waals surface area contributed by atoms with Crippen molar-refractivity contribution in [2.75, 3.05) is 0 Å². The quantitative estimate of drug-likeness (QED) is 0.124. The number of hydrogen-bond donors (Lipinski definition) is 3. The van der Waals surface area contributed by atoms with Gasteiger partial charge in [0.25, 0.3) is 0 Å². The summed E-state index contributed by atoms with van der Waals surface area (Å²) in [5, 5.41) is 71.1. The van der Waals surface area contributed by atoms with Gasteiger partial charge in [0.2, 0.25) is 0 Å². The van der Waals surface area contributed by atoms with E-state index in [0.29, 0.717) is 0 Å². The third kappa shape index (κ3) is 12.7. The van der Waals surface area contributed by atoms with Gasteiger partial charge in [0, 0.05) is 24.8 Å². The van der Waals surface area contributed by atoms with Crippen LogP contribution in [0.25, 0.3) is 0 Å². The number of ether oxygens (including phenoxy) is 2. The predicted octanol–water partition coefficient (Wildman–Crippen LogP) is -8.73. The first-order chi connectivity index (χ1) is 15.0. The second-order valence-corrected chi connectivity index (χ2v) is 6.42. The fourth-order valence-electron chi connectivity index (χ4n) is 2.36. The van der Waals surface area contributed by atoms with Gasteiger partial charge in [-0.25, -0.2) is 4.79 Å². The van der Waals surface area contributed by atoms with Crippen molar-refractivity contribution in [1.82, 2.24) is 0 Å². The van der Waals surface area contributed by atoms with E-state index >= 15 is 0 Å². The molecular formula is C16H14Ca2O17. The number of carbonyl (C=O) groups excluding carboxylic acids is 6. The third-order valence-electron chi connectivity index (χ3n) is 3.71. The third-order valence-corrected chi connectivity index (χ3v) is 3.71. The van der Waals surface area contributed by atoms with Gasteiger partial charge in [-0.3, -0.25) is 14.4 Å². The number of esters is 2. The fraction of sp³-hybridized carbons (Fsp3) is 0.500. The number of carbonyl (C=O) groups is 8. The van der Waals surface area contributed by atoms with Crippen LogP contribution in [0.1, 0.15) is 32.1 Å². The molecule has 0 fully saturated rings. The van der Waals surface area contributed by atoms with Crippen molar-refractivity contribution in [3.8, 4) is 0 Å². The monoisotopic (exact) mass is 558 g/mol. The fourth-order valence-corrected chi connectivity index (χ4v) is 2.36. The molecule has 0 saturated heterocycles. The zero-order chi connectivity index (χ0) is 26.1. The standard InChI is InChI=1S/C16H18O17.2Ca/c17-6(12(27)33-16(14(30)31,4-9(22)23)5-10(24)25)1-11(26)32-15(13(28)29,2-7(18)19)3-8(20)21;;/h6,17H,1-5H2,(H,18,19)(H,20,21)(H,22,23)(H,24,25)(H,28,29)(H,30,31);;/q;2*+2/p-4. The number of aliphatic carboxylic acids is 6. The largest absolute Gasteiger partial charge is 2.00 e. The van der Waals surface area contributed by atoms with Gasteiger partial charge in [-0.1, -0.05) is 0 Å². The van der Waals surface area contributed by atoms with Gasteiger partial charge >= 0.3 is 99.4 Å². The predicted molar refractivity (Wildman–Crippen MR) is 93.5 cm³/mol. The van der Waals surface area contributed by atoms with E-state index in [2.05, 4.69) is 9.47 Å². The van der Waals surface area contributed by atoms with Crippen LogP contribution in [-0.4, -0.2) is 156 Å². The smallest absolute Gasteiger partial charge is 0.550 e. The number of rotatable bonds is 15. The maximum absolute atomic E-state index is 11.9. The average molecular weight is 558 g/mol. The molecule has 0 amide bonds.